The molecule has 0 radical (unpaired) electrons. The average Bonchev–Trinajstić information content (AvgIpc) is 2.89. The predicted octanol–water partition coefficient (Wildman–Crippen LogP) is 1.75. The Morgan fingerprint density at radius 1 is 1.47 bits per heavy atom. The molecular weight excluding hydrogens is 262 g/mol. The van der Waals surface area contributed by atoms with E-state index in [0.29, 0.717) is 24.2 Å². The standard InChI is InChI=1S/C13H15N3O2S/c17-13(9-3-4-9)7-16(8-13)6-11-14-12(18-15-11)10-2-1-5-19-10/h1-2,5,9,17H,3-4,6-8H2. The maximum Gasteiger partial charge on any atom is 0.268 e. The maximum atomic E-state index is 10.2. The number of likely N-dealkylation sites (tertiary alicyclic amines) is 1. The van der Waals surface area contributed by atoms with Crippen molar-refractivity contribution in [2.45, 2.75) is 25.0 Å². The summed E-state index contributed by atoms with van der Waals surface area (Å²) in [6, 6.07) is 3.94. The summed E-state index contributed by atoms with van der Waals surface area (Å²) >= 11 is 1.59. The summed E-state index contributed by atoms with van der Waals surface area (Å²) in [4.78, 5) is 7.56. The van der Waals surface area contributed by atoms with Crippen molar-refractivity contribution in [3.63, 3.8) is 0 Å². The van der Waals surface area contributed by atoms with Crippen LogP contribution in [0.2, 0.25) is 0 Å². The van der Waals surface area contributed by atoms with E-state index in [0.717, 1.165) is 18.0 Å². The Labute approximate surface area is 114 Å². The SMILES string of the molecule is OC1(C2CC2)CN(Cc2noc(-c3cccs3)n2)C1. The fourth-order valence-corrected chi connectivity index (χ4v) is 3.38. The predicted molar refractivity (Wildman–Crippen MR) is 70.6 cm³/mol. The molecule has 2 fully saturated rings. The third kappa shape index (κ3) is 2.09. The van der Waals surface area contributed by atoms with Crippen LogP contribution >= 0.6 is 11.3 Å². The van der Waals surface area contributed by atoms with Gasteiger partial charge in [-0.25, -0.2) is 0 Å². The molecule has 1 aliphatic heterocycles. The van der Waals surface area contributed by atoms with Crippen molar-refractivity contribution >= 4 is 11.3 Å². The fourth-order valence-electron chi connectivity index (χ4n) is 2.74. The molecule has 6 heteroatoms. The van der Waals surface area contributed by atoms with Crippen LogP contribution in [0.3, 0.4) is 0 Å². The van der Waals surface area contributed by atoms with Gasteiger partial charge in [0.05, 0.1) is 17.0 Å². The Morgan fingerprint density at radius 2 is 2.32 bits per heavy atom. The number of nitrogens with zero attached hydrogens (tertiary/aromatic N) is 3. The van der Waals surface area contributed by atoms with Crippen molar-refractivity contribution in [2.24, 2.45) is 5.92 Å². The first kappa shape index (κ1) is 11.6. The van der Waals surface area contributed by atoms with Gasteiger partial charge in [0, 0.05) is 13.1 Å². The zero-order chi connectivity index (χ0) is 12.9. The lowest BCUT2D eigenvalue weighted by Crippen LogP contribution is -2.62. The van der Waals surface area contributed by atoms with Crippen molar-refractivity contribution in [3.05, 3.63) is 23.3 Å². The quantitative estimate of drug-likeness (QED) is 0.922. The van der Waals surface area contributed by atoms with Gasteiger partial charge in [-0.05, 0) is 30.2 Å². The highest BCUT2D eigenvalue weighted by Crippen LogP contribution is 2.44. The van der Waals surface area contributed by atoms with Crippen LogP contribution in [0.5, 0.6) is 0 Å². The highest BCUT2D eigenvalue weighted by Gasteiger charge is 2.51. The molecule has 100 valence electrons. The molecule has 0 amide bonds. The molecule has 0 atom stereocenters. The smallest absolute Gasteiger partial charge is 0.268 e. The molecule has 1 N–H and O–H groups in total. The van der Waals surface area contributed by atoms with E-state index in [1.165, 1.54) is 12.8 Å². The van der Waals surface area contributed by atoms with Crippen LogP contribution in [0.15, 0.2) is 22.0 Å². The Kier molecular flexibility index (Phi) is 2.51. The topological polar surface area (TPSA) is 62.4 Å². The van der Waals surface area contributed by atoms with Gasteiger partial charge in [-0.3, -0.25) is 4.90 Å². The first-order valence-corrected chi connectivity index (χ1v) is 7.42. The number of aromatic nitrogens is 2. The van der Waals surface area contributed by atoms with E-state index in [-0.39, 0.29) is 0 Å². The first-order valence-electron chi connectivity index (χ1n) is 6.54. The molecule has 2 aliphatic rings. The highest BCUT2D eigenvalue weighted by atomic mass is 32.1. The Hall–Kier alpha value is -1.24. The molecule has 4 rings (SSSR count). The van der Waals surface area contributed by atoms with Crippen LogP contribution in [-0.2, 0) is 6.54 Å². The van der Waals surface area contributed by atoms with Gasteiger partial charge < -0.3 is 9.63 Å². The second kappa shape index (κ2) is 4.13. The van der Waals surface area contributed by atoms with E-state index >= 15 is 0 Å². The molecule has 5 nitrogen and oxygen atoms in total. The van der Waals surface area contributed by atoms with Crippen molar-refractivity contribution in [3.8, 4) is 10.8 Å². The van der Waals surface area contributed by atoms with Gasteiger partial charge in [-0.15, -0.1) is 11.3 Å². The van der Waals surface area contributed by atoms with E-state index in [1.807, 2.05) is 17.5 Å². The normalized spacial score (nSPS) is 22.4. The summed E-state index contributed by atoms with van der Waals surface area (Å²) in [7, 11) is 0. The highest BCUT2D eigenvalue weighted by molar-refractivity contribution is 7.13. The van der Waals surface area contributed by atoms with Gasteiger partial charge in [0.1, 0.15) is 0 Å². The van der Waals surface area contributed by atoms with Gasteiger partial charge in [-0.1, -0.05) is 11.2 Å². The van der Waals surface area contributed by atoms with E-state index in [9.17, 15) is 5.11 Å². The molecule has 1 aliphatic carbocycles. The fraction of sp³-hybridized carbons (Fsp3) is 0.538. The molecule has 1 saturated carbocycles. The lowest BCUT2D eigenvalue weighted by atomic mass is 9.89. The molecule has 3 heterocycles. The minimum absolute atomic E-state index is 0.444. The maximum absolute atomic E-state index is 10.2. The Balaban J connectivity index is 1.39. The second-order valence-corrected chi connectivity index (χ2v) is 6.46. The van der Waals surface area contributed by atoms with Gasteiger partial charge in [0.2, 0.25) is 0 Å². The van der Waals surface area contributed by atoms with Gasteiger partial charge in [-0.2, -0.15) is 4.98 Å². The summed E-state index contributed by atoms with van der Waals surface area (Å²) in [5, 5.41) is 16.2. The third-order valence-corrected chi connectivity index (χ3v) is 4.76. The number of thiophene rings is 1. The van der Waals surface area contributed by atoms with Crippen molar-refractivity contribution in [1.82, 2.24) is 15.0 Å². The van der Waals surface area contributed by atoms with Crippen molar-refractivity contribution in [2.75, 3.05) is 13.1 Å². The molecule has 1 saturated heterocycles. The molecule has 19 heavy (non-hydrogen) atoms. The minimum atomic E-state index is -0.444. The third-order valence-electron chi connectivity index (χ3n) is 3.90. The Bertz CT molecular complexity index is 570. The number of β-amino-alcohol motifs (C(OH)–C–C–N with tert-alkyl or cyclic N) is 1. The van der Waals surface area contributed by atoms with Gasteiger partial charge in [0.15, 0.2) is 5.82 Å². The van der Waals surface area contributed by atoms with Crippen LogP contribution < -0.4 is 0 Å². The number of rotatable bonds is 4. The molecule has 0 aromatic carbocycles. The summed E-state index contributed by atoms with van der Waals surface area (Å²) in [5.74, 6) is 1.81. The number of hydrogen-bond donors (Lipinski definition) is 1. The molecule has 2 aromatic heterocycles. The number of hydrogen-bond acceptors (Lipinski definition) is 6. The summed E-state index contributed by atoms with van der Waals surface area (Å²) in [6.07, 6.45) is 2.35. The minimum Gasteiger partial charge on any atom is -0.387 e. The summed E-state index contributed by atoms with van der Waals surface area (Å²) in [6.45, 7) is 2.13. The Morgan fingerprint density at radius 3 is 3.00 bits per heavy atom. The van der Waals surface area contributed by atoms with E-state index in [2.05, 4.69) is 15.0 Å². The van der Waals surface area contributed by atoms with Crippen LogP contribution in [0.1, 0.15) is 18.7 Å². The lowest BCUT2D eigenvalue weighted by molar-refractivity contribution is -0.117. The van der Waals surface area contributed by atoms with Gasteiger partial charge in [0.25, 0.3) is 5.89 Å². The second-order valence-electron chi connectivity index (χ2n) is 5.52. The van der Waals surface area contributed by atoms with Crippen LogP contribution in [0, 0.1) is 5.92 Å². The number of aliphatic hydroxyl groups is 1. The van der Waals surface area contributed by atoms with E-state index < -0.39 is 5.60 Å². The first-order chi connectivity index (χ1) is 9.23. The molecule has 2 aromatic rings. The molecular formula is C13H15N3O2S. The van der Waals surface area contributed by atoms with E-state index in [4.69, 9.17) is 4.52 Å². The summed E-state index contributed by atoms with van der Waals surface area (Å²) < 4.78 is 5.25. The van der Waals surface area contributed by atoms with Crippen molar-refractivity contribution in [1.29, 1.82) is 0 Å². The van der Waals surface area contributed by atoms with E-state index in [1.54, 1.807) is 11.3 Å². The monoisotopic (exact) mass is 277 g/mol. The largest absolute Gasteiger partial charge is 0.387 e. The average molecular weight is 277 g/mol. The molecule has 0 bridgehead atoms. The van der Waals surface area contributed by atoms with Crippen LogP contribution in [0.25, 0.3) is 10.8 Å². The molecule has 0 spiro atoms. The zero-order valence-corrected chi connectivity index (χ0v) is 11.3. The molecule has 0 unspecified atom stereocenters. The van der Waals surface area contributed by atoms with Crippen LogP contribution in [0.4, 0.5) is 0 Å². The van der Waals surface area contributed by atoms with Gasteiger partial charge >= 0.3 is 0 Å². The van der Waals surface area contributed by atoms with Crippen molar-refractivity contribution < 1.29 is 9.63 Å². The van der Waals surface area contributed by atoms with Crippen LogP contribution in [-0.4, -0.2) is 38.8 Å². The zero-order valence-electron chi connectivity index (χ0n) is 10.5. The lowest BCUT2D eigenvalue weighted by Gasteiger charge is -2.46. The summed E-state index contributed by atoms with van der Waals surface area (Å²) in [5.41, 5.74) is -0.444.